The average molecular weight is 459 g/mol. The van der Waals surface area contributed by atoms with Gasteiger partial charge in [0.2, 0.25) is 5.91 Å². The SMILES string of the molecule is COc1ccc(S(=O)(=O)N(CC(=O)NCc2cccnc2)c2ccccc2F)cc1OC. The number of nitrogens with zero attached hydrogens (tertiary/aromatic N) is 2. The topological polar surface area (TPSA) is 97.8 Å². The van der Waals surface area contributed by atoms with Crippen molar-refractivity contribution in [1.82, 2.24) is 10.3 Å². The van der Waals surface area contributed by atoms with E-state index >= 15 is 0 Å². The Kier molecular flexibility index (Phi) is 7.26. The largest absolute Gasteiger partial charge is 0.493 e. The van der Waals surface area contributed by atoms with Crippen LogP contribution in [0.2, 0.25) is 0 Å². The van der Waals surface area contributed by atoms with E-state index in [1.165, 1.54) is 50.6 Å². The summed E-state index contributed by atoms with van der Waals surface area (Å²) >= 11 is 0. The van der Waals surface area contributed by atoms with E-state index in [1.54, 1.807) is 24.5 Å². The van der Waals surface area contributed by atoms with Crippen LogP contribution in [0, 0.1) is 5.82 Å². The first-order valence-corrected chi connectivity index (χ1v) is 11.0. The van der Waals surface area contributed by atoms with Crippen LogP contribution in [0.3, 0.4) is 0 Å². The molecule has 2 aromatic carbocycles. The van der Waals surface area contributed by atoms with Crippen molar-refractivity contribution < 1.29 is 27.1 Å². The van der Waals surface area contributed by atoms with Crippen molar-refractivity contribution >= 4 is 21.6 Å². The van der Waals surface area contributed by atoms with Gasteiger partial charge in [0.15, 0.2) is 11.5 Å². The number of pyridine rings is 1. The van der Waals surface area contributed by atoms with Gasteiger partial charge in [-0.15, -0.1) is 0 Å². The summed E-state index contributed by atoms with van der Waals surface area (Å²) in [7, 11) is -1.54. The third-order valence-corrected chi connectivity index (χ3v) is 6.32. The summed E-state index contributed by atoms with van der Waals surface area (Å²) in [5.41, 5.74) is 0.486. The summed E-state index contributed by atoms with van der Waals surface area (Å²) in [4.78, 5) is 16.4. The maximum absolute atomic E-state index is 14.6. The molecule has 0 fully saturated rings. The molecule has 32 heavy (non-hydrogen) atoms. The number of halogens is 1. The van der Waals surface area contributed by atoms with Crippen LogP contribution in [0.15, 0.2) is 71.9 Å². The van der Waals surface area contributed by atoms with Gasteiger partial charge in [-0.05, 0) is 35.9 Å². The predicted molar refractivity (Wildman–Crippen MR) is 117 cm³/mol. The molecule has 0 aliphatic heterocycles. The van der Waals surface area contributed by atoms with Crippen molar-refractivity contribution in [3.8, 4) is 11.5 Å². The number of nitrogens with one attached hydrogen (secondary N) is 1. The van der Waals surface area contributed by atoms with E-state index < -0.39 is 28.3 Å². The van der Waals surface area contributed by atoms with Gasteiger partial charge in [0.05, 0.1) is 24.8 Å². The first kappa shape index (κ1) is 23.0. The molecule has 0 saturated carbocycles. The molecule has 0 saturated heterocycles. The van der Waals surface area contributed by atoms with Crippen molar-refractivity contribution in [3.05, 3.63) is 78.4 Å². The molecule has 168 valence electrons. The number of sulfonamides is 1. The molecule has 0 aliphatic rings. The highest BCUT2D eigenvalue weighted by Gasteiger charge is 2.30. The van der Waals surface area contributed by atoms with Gasteiger partial charge in [-0.3, -0.25) is 14.1 Å². The fraction of sp³-hybridized carbons (Fsp3) is 0.182. The summed E-state index contributed by atoms with van der Waals surface area (Å²) in [6.45, 7) is -0.480. The smallest absolute Gasteiger partial charge is 0.265 e. The number of amides is 1. The lowest BCUT2D eigenvalue weighted by Gasteiger charge is -2.25. The predicted octanol–water partition coefficient (Wildman–Crippen LogP) is 2.75. The van der Waals surface area contributed by atoms with Crippen LogP contribution in [0.25, 0.3) is 0 Å². The Labute approximate surface area is 185 Å². The number of rotatable bonds is 9. The van der Waals surface area contributed by atoms with E-state index in [9.17, 15) is 17.6 Å². The van der Waals surface area contributed by atoms with Gasteiger partial charge in [0.1, 0.15) is 12.4 Å². The van der Waals surface area contributed by atoms with Crippen molar-refractivity contribution in [2.75, 3.05) is 25.1 Å². The van der Waals surface area contributed by atoms with E-state index in [0.717, 1.165) is 15.9 Å². The Morgan fingerprint density at radius 1 is 1.06 bits per heavy atom. The molecular formula is C22H22FN3O5S. The second-order valence-corrected chi connectivity index (χ2v) is 8.48. The number of ether oxygens (including phenoxy) is 2. The Morgan fingerprint density at radius 2 is 1.81 bits per heavy atom. The molecule has 0 unspecified atom stereocenters. The zero-order valence-corrected chi connectivity index (χ0v) is 18.3. The van der Waals surface area contributed by atoms with Crippen LogP contribution in [0.5, 0.6) is 11.5 Å². The molecule has 1 N–H and O–H groups in total. The number of carbonyl (C=O) groups excluding carboxylic acids is 1. The Hall–Kier alpha value is -3.66. The molecule has 0 radical (unpaired) electrons. The van der Waals surface area contributed by atoms with E-state index in [-0.39, 0.29) is 22.9 Å². The summed E-state index contributed by atoms with van der Waals surface area (Å²) in [6.07, 6.45) is 3.18. The molecule has 3 aromatic rings. The Morgan fingerprint density at radius 3 is 2.47 bits per heavy atom. The van der Waals surface area contributed by atoms with Crippen LogP contribution in [0.1, 0.15) is 5.56 Å². The average Bonchev–Trinajstić information content (AvgIpc) is 2.81. The lowest BCUT2D eigenvalue weighted by Crippen LogP contribution is -2.41. The molecule has 1 heterocycles. The third-order valence-electron chi connectivity index (χ3n) is 4.56. The lowest BCUT2D eigenvalue weighted by atomic mass is 10.3. The van der Waals surface area contributed by atoms with E-state index in [2.05, 4.69) is 10.3 Å². The fourth-order valence-electron chi connectivity index (χ4n) is 2.95. The monoisotopic (exact) mass is 459 g/mol. The Balaban J connectivity index is 1.94. The molecule has 0 atom stereocenters. The number of anilines is 1. The standard InChI is InChI=1S/C22H22FN3O5S/c1-30-20-10-9-17(12-21(20)31-2)32(28,29)26(19-8-4-3-7-18(19)23)15-22(27)25-14-16-6-5-11-24-13-16/h3-13H,14-15H2,1-2H3,(H,25,27). The maximum atomic E-state index is 14.6. The quantitative estimate of drug-likeness (QED) is 0.529. The zero-order valence-electron chi connectivity index (χ0n) is 17.5. The molecule has 10 heteroatoms. The minimum absolute atomic E-state index is 0.147. The van der Waals surface area contributed by atoms with E-state index in [0.29, 0.717) is 5.75 Å². The summed E-state index contributed by atoms with van der Waals surface area (Å²) in [5.74, 6) is -0.876. The second kappa shape index (κ2) is 10.1. The first-order chi connectivity index (χ1) is 15.4. The molecule has 1 amide bonds. The number of para-hydroxylation sites is 1. The van der Waals surface area contributed by atoms with Crippen molar-refractivity contribution in [3.63, 3.8) is 0 Å². The van der Waals surface area contributed by atoms with Crippen LogP contribution >= 0.6 is 0 Å². The first-order valence-electron chi connectivity index (χ1n) is 9.51. The summed E-state index contributed by atoms with van der Waals surface area (Å²) < 4.78 is 52.5. The minimum Gasteiger partial charge on any atom is -0.493 e. The Bertz CT molecular complexity index is 1190. The highest BCUT2D eigenvalue weighted by atomic mass is 32.2. The molecule has 0 bridgehead atoms. The molecule has 8 nitrogen and oxygen atoms in total. The number of carbonyl (C=O) groups is 1. The normalized spacial score (nSPS) is 11.0. The van der Waals surface area contributed by atoms with Gasteiger partial charge in [0, 0.05) is 25.0 Å². The minimum atomic E-state index is -4.33. The maximum Gasteiger partial charge on any atom is 0.265 e. The van der Waals surface area contributed by atoms with Crippen LogP contribution in [0.4, 0.5) is 10.1 Å². The number of aromatic nitrogens is 1. The summed E-state index contributed by atoms with van der Waals surface area (Å²) in [5, 5.41) is 2.63. The number of hydrogen-bond acceptors (Lipinski definition) is 6. The van der Waals surface area contributed by atoms with Crippen LogP contribution in [-0.4, -0.2) is 40.1 Å². The number of methoxy groups -OCH3 is 2. The summed E-state index contributed by atoms with van der Waals surface area (Å²) in [6, 6.07) is 12.8. The van der Waals surface area contributed by atoms with Crippen LogP contribution < -0.4 is 19.1 Å². The van der Waals surface area contributed by atoms with Gasteiger partial charge in [-0.2, -0.15) is 0 Å². The van der Waals surface area contributed by atoms with Gasteiger partial charge in [-0.25, -0.2) is 12.8 Å². The lowest BCUT2D eigenvalue weighted by molar-refractivity contribution is -0.119. The van der Waals surface area contributed by atoms with Gasteiger partial charge >= 0.3 is 0 Å². The molecule has 0 spiro atoms. The molecule has 0 aliphatic carbocycles. The van der Waals surface area contributed by atoms with Crippen molar-refractivity contribution in [2.45, 2.75) is 11.4 Å². The highest BCUT2D eigenvalue weighted by molar-refractivity contribution is 7.92. The number of hydrogen-bond donors (Lipinski definition) is 1. The molecular weight excluding hydrogens is 437 g/mol. The number of benzene rings is 2. The van der Waals surface area contributed by atoms with Crippen molar-refractivity contribution in [1.29, 1.82) is 0 Å². The molecule has 3 rings (SSSR count). The third kappa shape index (κ3) is 5.14. The fourth-order valence-corrected chi connectivity index (χ4v) is 4.39. The van der Waals surface area contributed by atoms with Gasteiger partial charge in [-0.1, -0.05) is 18.2 Å². The van der Waals surface area contributed by atoms with E-state index in [4.69, 9.17) is 9.47 Å². The molecule has 1 aromatic heterocycles. The van der Waals surface area contributed by atoms with Crippen LogP contribution in [-0.2, 0) is 21.4 Å². The van der Waals surface area contributed by atoms with Crippen molar-refractivity contribution in [2.24, 2.45) is 0 Å². The van der Waals surface area contributed by atoms with Gasteiger partial charge < -0.3 is 14.8 Å². The highest BCUT2D eigenvalue weighted by Crippen LogP contribution is 2.32. The zero-order chi connectivity index (χ0) is 23.1. The second-order valence-electron chi connectivity index (χ2n) is 6.62. The van der Waals surface area contributed by atoms with Gasteiger partial charge in [0.25, 0.3) is 10.0 Å². The van der Waals surface area contributed by atoms with E-state index in [1.807, 2.05) is 0 Å².